The van der Waals surface area contributed by atoms with E-state index in [1.807, 2.05) is 0 Å². The summed E-state index contributed by atoms with van der Waals surface area (Å²) in [5.41, 5.74) is 6.37. The highest BCUT2D eigenvalue weighted by molar-refractivity contribution is 5.78. The molecule has 0 saturated heterocycles. The normalized spacial score (nSPS) is 11.5. The Hall–Kier alpha value is -2.61. The molecule has 0 bridgehead atoms. The van der Waals surface area contributed by atoms with Crippen molar-refractivity contribution in [1.82, 2.24) is 0 Å². The smallest absolute Gasteiger partial charge is 0.212 e. The van der Waals surface area contributed by atoms with E-state index in [0.717, 1.165) is 0 Å². The first-order chi connectivity index (χ1) is 15.1. The minimum Gasteiger partial charge on any atom is -0.372 e. The zero-order valence-corrected chi connectivity index (χ0v) is 19.9. The Labute approximate surface area is 189 Å². The third-order valence-electron chi connectivity index (χ3n) is 6.13. The van der Waals surface area contributed by atoms with E-state index in [1.165, 1.54) is 85.0 Å². The molecule has 0 amide bonds. The van der Waals surface area contributed by atoms with Gasteiger partial charge in [-0.1, -0.05) is 63.3 Å². The van der Waals surface area contributed by atoms with E-state index in [9.17, 15) is 0 Å². The molecule has 0 fully saturated rings. The van der Waals surface area contributed by atoms with Crippen LogP contribution in [-0.2, 0) is 7.05 Å². The lowest BCUT2D eigenvalue weighted by molar-refractivity contribution is -0.646. The van der Waals surface area contributed by atoms with Crippen LogP contribution in [0.4, 0.5) is 5.69 Å². The Morgan fingerprint density at radius 3 is 2.10 bits per heavy atom. The fourth-order valence-corrected chi connectivity index (χ4v) is 4.16. The van der Waals surface area contributed by atoms with Gasteiger partial charge in [0.1, 0.15) is 7.05 Å². The fraction of sp³-hybridized carbons (Fsp3) is 0.414. The molecule has 3 aromatic rings. The fourth-order valence-electron chi connectivity index (χ4n) is 4.16. The van der Waals surface area contributed by atoms with Gasteiger partial charge in [-0.05, 0) is 55.7 Å². The zero-order valence-electron chi connectivity index (χ0n) is 19.9. The maximum absolute atomic E-state index is 2.57. The predicted molar refractivity (Wildman–Crippen MR) is 136 cm³/mol. The van der Waals surface area contributed by atoms with Crippen molar-refractivity contribution >= 4 is 28.7 Å². The molecule has 2 aromatic carbocycles. The van der Waals surface area contributed by atoms with Crippen LogP contribution in [0.5, 0.6) is 0 Å². The molecule has 31 heavy (non-hydrogen) atoms. The molecule has 0 atom stereocenters. The molecule has 0 radical (unpaired) electrons. The average molecular weight is 416 g/mol. The van der Waals surface area contributed by atoms with E-state index in [0.29, 0.717) is 0 Å². The zero-order chi connectivity index (χ0) is 22.1. The molecule has 0 aliphatic carbocycles. The van der Waals surface area contributed by atoms with E-state index < -0.39 is 0 Å². The molecule has 0 aliphatic heterocycles. The molecule has 0 aliphatic rings. The molecular formula is C29H39N2+. The molecule has 0 saturated carbocycles. The van der Waals surface area contributed by atoms with E-state index >= 15 is 0 Å². The molecule has 3 rings (SSSR count). The quantitative estimate of drug-likeness (QED) is 0.235. The van der Waals surface area contributed by atoms with Gasteiger partial charge in [0, 0.05) is 42.4 Å². The number of pyridine rings is 1. The maximum atomic E-state index is 2.57. The summed E-state index contributed by atoms with van der Waals surface area (Å²) in [6, 6.07) is 20.1. The van der Waals surface area contributed by atoms with Gasteiger partial charge in [0.05, 0.1) is 0 Å². The SMILES string of the molecule is CCCCCN(CCCCC)c1ccc(/C=C/c2ccc3cc(C)ccc3[n+]2C)cc1. The van der Waals surface area contributed by atoms with Crippen LogP contribution >= 0.6 is 0 Å². The third kappa shape index (κ3) is 6.43. The Morgan fingerprint density at radius 2 is 1.45 bits per heavy atom. The summed E-state index contributed by atoms with van der Waals surface area (Å²) in [5, 5.41) is 1.29. The maximum Gasteiger partial charge on any atom is 0.212 e. The van der Waals surface area contributed by atoms with Crippen LogP contribution in [0.1, 0.15) is 69.2 Å². The summed E-state index contributed by atoms with van der Waals surface area (Å²) in [5.74, 6) is 0. The predicted octanol–water partition coefficient (Wildman–Crippen LogP) is 7.33. The minimum atomic E-state index is 1.17. The summed E-state index contributed by atoms with van der Waals surface area (Å²) < 4.78 is 2.27. The highest BCUT2D eigenvalue weighted by Gasteiger charge is 2.09. The van der Waals surface area contributed by atoms with Crippen molar-refractivity contribution in [3.63, 3.8) is 0 Å². The lowest BCUT2D eigenvalue weighted by atomic mass is 10.1. The number of hydrogen-bond donors (Lipinski definition) is 0. The molecule has 1 aromatic heterocycles. The number of anilines is 1. The van der Waals surface area contributed by atoms with Gasteiger partial charge in [-0.2, -0.15) is 4.57 Å². The van der Waals surface area contributed by atoms with Crippen LogP contribution in [0.2, 0.25) is 0 Å². The standard InChI is InChI=1S/C29H39N2/c1-5-7-9-21-31(22-10-8-6-2)28-17-13-25(14-18-28)12-16-27-19-15-26-23-24(3)11-20-29(26)30(27)4/h11-20,23H,5-10,21-22H2,1-4H3/q+1. The number of aromatic nitrogens is 1. The van der Waals surface area contributed by atoms with E-state index in [2.05, 4.69) is 104 Å². The van der Waals surface area contributed by atoms with Crippen molar-refractivity contribution in [3.05, 3.63) is 71.4 Å². The minimum absolute atomic E-state index is 1.17. The lowest BCUT2D eigenvalue weighted by Crippen LogP contribution is -2.32. The molecule has 0 N–H and O–H groups in total. The van der Waals surface area contributed by atoms with Gasteiger partial charge >= 0.3 is 0 Å². The first-order valence-corrected chi connectivity index (χ1v) is 12.0. The summed E-state index contributed by atoms with van der Waals surface area (Å²) in [4.78, 5) is 2.57. The van der Waals surface area contributed by atoms with Gasteiger partial charge in [0.2, 0.25) is 11.2 Å². The largest absolute Gasteiger partial charge is 0.372 e. The number of aryl methyl sites for hydroxylation is 2. The molecular weight excluding hydrogens is 376 g/mol. The van der Waals surface area contributed by atoms with Crippen LogP contribution in [0, 0.1) is 6.92 Å². The lowest BCUT2D eigenvalue weighted by Gasteiger charge is -2.25. The third-order valence-corrected chi connectivity index (χ3v) is 6.13. The highest BCUT2D eigenvalue weighted by atomic mass is 15.1. The Bertz CT molecular complexity index is 976. The second-order valence-corrected chi connectivity index (χ2v) is 8.71. The highest BCUT2D eigenvalue weighted by Crippen LogP contribution is 2.19. The molecule has 0 unspecified atom stereocenters. The first kappa shape index (κ1) is 23.1. The van der Waals surface area contributed by atoms with Gasteiger partial charge in [0.25, 0.3) is 0 Å². The number of benzene rings is 2. The number of nitrogens with zero attached hydrogens (tertiary/aromatic N) is 2. The number of hydrogen-bond acceptors (Lipinski definition) is 1. The summed E-state index contributed by atoms with van der Waals surface area (Å²) in [7, 11) is 2.14. The van der Waals surface area contributed by atoms with Gasteiger partial charge in [-0.15, -0.1) is 0 Å². The van der Waals surface area contributed by atoms with Crippen LogP contribution < -0.4 is 9.47 Å². The molecule has 2 nitrogen and oxygen atoms in total. The Kier molecular flexibility index (Phi) is 8.70. The number of unbranched alkanes of at least 4 members (excludes halogenated alkanes) is 4. The second kappa shape index (κ2) is 11.7. The van der Waals surface area contributed by atoms with Gasteiger partial charge in [0.15, 0.2) is 0 Å². The van der Waals surface area contributed by atoms with Crippen molar-refractivity contribution in [2.24, 2.45) is 7.05 Å². The van der Waals surface area contributed by atoms with Gasteiger partial charge in [-0.25, -0.2) is 0 Å². The van der Waals surface area contributed by atoms with Crippen LogP contribution in [0.3, 0.4) is 0 Å². The summed E-state index contributed by atoms with van der Waals surface area (Å²) >= 11 is 0. The summed E-state index contributed by atoms with van der Waals surface area (Å²) in [6.07, 6.45) is 12.2. The molecule has 1 heterocycles. The van der Waals surface area contributed by atoms with Crippen molar-refractivity contribution in [2.75, 3.05) is 18.0 Å². The average Bonchev–Trinajstić information content (AvgIpc) is 2.78. The van der Waals surface area contributed by atoms with Crippen molar-refractivity contribution in [3.8, 4) is 0 Å². The van der Waals surface area contributed by atoms with Gasteiger partial charge < -0.3 is 4.90 Å². The summed E-state index contributed by atoms with van der Waals surface area (Å²) in [6.45, 7) is 9.03. The topological polar surface area (TPSA) is 7.12 Å². The second-order valence-electron chi connectivity index (χ2n) is 8.71. The Morgan fingerprint density at radius 1 is 0.774 bits per heavy atom. The van der Waals surface area contributed by atoms with E-state index in [4.69, 9.17) is 0 Å². The number of rotatable bonds is 11. The molecule has 164 valence electrons. The van der Waals surface area contributed by atoms with Crippen molar-refractivity contribution < 1.29 is 4.57 Å². The van der Waals surface area contributed by atoms with Crippen LogP contribution in [0.25, 0.3) is 23.1 Å². The Balaban J connectivity index is 1.72. The number of fused-ring (bicyclic) bond motifs is 1. The first-order valence-electron chi connectivity index (χ1n) is 12.0. The molecule has 2 heteroatoms. The van der Waals surface area contributed by atoms with Crippen molar-refractivity contribution in [2.45, 2.75) is 59.3 Å². The van der Waals surface area contributed by atoms with Crippen molar-refractivity contribution in [1.29, 1.82) is 0 Å². The van der Waals surface area contributed by atoms with Gasteiger partial charge in [-0.3, -0.25) is 0 Å². The van der Waals surface area contributed by atoms with E-state index in [-0.39, 0.29) is 0 Å². The van der Waals surface area contributed by atoms with E-state index in [1.54, 1.807) is 0 Å². The van der Waals surface area contributed by atoms with Crippen LogP contribution in [-0.4, -0.2) is 13.1 Å². The molecule has 0 spiro atoms. The monoisotopic (exact) mass is 415 g/mol. The van der Waals surface area contributed by atoms with Crippen LogP contribution in [0.15, 0.2) is 54.6 Å².